The van der Waals surface area contributed by atoms with Crippen LogP contribution in [0.25, 0.3) is 10.9 Å². The van der Waals surface area contributed by atoms with Crippen LogP contribution in [0.1, 0.15) is 16.8 Å². The Bertz CT molecular complexity index is 816. The Morgan fingerprint density at radius 1 is 1.19 bits per heavy atom. The number of hydrogen-bond acceptors (Lipinski definition) is 4. The predicted octanol–water partition coefficient (Wildman–Crippen LogP) is 3.42. The molecular weight excluding hydrogens is 260 g/mol. The maximum Gasteiger partial charge on any atom is 0.128 e. The molecule has 2 aromatic heterocycles. The third-order valence-corrected chi connectivity index (χ3v) is 3.28. The van der Waals surface area contributed by atoms with Gasteiger partial charge in [-0.2, -0.15) is 5.26 Å². The van der Waals surface area contributed by atoms with E-state index in [4.69, 9.17) is 0 Å². The normalized spacial score (nSPS) is 10.3. The van der Waals surface area contributed by atoms with E-state index in [1.54, 1.807) is 6.07 Å². The second-order valence-corrected chi connectivity index (χ2v) is 4.85. The Morgan fingerprint density at radius 3 is 2.81 bits per heavy atom. The van der Waals surface area contributed by atoms with Crippen molar-refractivity contribution >= 4 is 16.7 Å². The Hall–Kier alpha value is -2.93. The molecule has 0 saturated carbocycles. The second-order valence-electron chi connectivity index (χ2n) is 4.85. The second kappa shape index (κ2) is 5.59. The summed E-state index contributed by atoms with van der Waals surface area (Å²) in [6, 6.07) is 15.7. The molecule has 2 heterocycles. The van der Waals surface area contributed by atoms with Crippen LogP contribution in [-0.4, -0.2) is 9.97 Å². The fraction of sp³-hybridized carbons (Fsp3) is 0.118. The Balaban J connectivity index is 1.87. The van der Waals surface area contributed by atoms with Crippen LogP contribution in [0.3, 0.4) is 0 Å². The van der Waals surface area contributed by atoms with E-state index in [-0.39, 0.29) is 0 Å². The van der Waals surface area contributed by atoms with Gasteiger partial charge in [-0.3, -0.25) is 4.98 Å². The zero-order chi connectivity index (χ0) is 14.7. The third-order valence-electron chi connectivity index (χ3n) is 3.28. The molecule has 4 heteroatoms. The molecule has 1 aromatic carbocycles. The molecule has 0 aliphatic carbocycles. The van der Waals surface area contributed by atoms with Crippen molar-refractivity contribution in [1.29, 1.82) is 5.26 Å². The molecule has 0 bridgehead atoms. The minimum Gasteiger partial charge on any atom is -0.366 e. The van der Waals surface area contributed by atoms with Crippen molar-refractivity contribution in [3.05, 3.63) is 65.5 Å². The number of anilines is 1. The molecule has 0 amide bonds. The summed E-state index contributed by atoms with van der Waals surface area (Å²) in [6.45, 7) is 2.59. The number of nitrogens with zero attached hydrogens (tertiary/aromatic N) is 3. The van der Waals surface area contributed by atoms with Crippen LogP contribution in [0, 0.1) is 18.3 Å². The quantitative estimate of drug-likeness (QED) is 0.795. The Morgan fingerprint density at radius 2 is 2.05 bits per heavy atom. The molecule has 0 atom stereocenters. The van der Waals surface area contributed by atoms with E-state index in [9.17, 15) is 5.26 Å². The van der Waals surface area contributed by atoms with Gasteiger partial charge >= 0.3 is 0 Å². The van der Waals surface area contributed by atoms with Gasteiger partial charge in [0.2, 0.25) is 0 Å². The van der Waals surface area contributed by atoms with Gasteiger partial charge in [-0.25, -0.2) is 4.98 Å². The summed E-state index contributed by atoms with van der Waals surface area (Å²) in [4.78, 5) is 8.80. The molecule has 0 radical (unpaired) electrons. The Labute approximate surface area is 123 Å². The molecular formula is C17H14N4. The number of hydrogen-bond donors (Lipinski definition) is 1. The number of pyridine rings is 2. The van der Waals surface area contributed by atoms with Crippen LogP contribution in [-0.2, 0) is 6.54 Å². The summed E-state index contributed by atoms with van der Waals surface area (Å²) in [5, 5.41) is 13.4. The van der Waals surface area contributed by atoms with Crippen LogP contribution in [0.15, 0.2) is 48.7 Å². The molecule has 0 saturated heterocycles. The maximum absolute atomic E-state index is 9.26. The minimum atomic E-state index is 0.628. The number of fused-ring (bicyclic) bond motifs is 1. The lowest BCUT2D eigenvalue weighted by Crippen LogP contribution is -2.02. The van der Waals surface area contributed by atoms with Crippen molar-refractivity contribution in [1.82, 2.24) is 9.97 Å². The van der Waals surface area contributed by atoms with Crippen molar-refractivity contribution in [3.8, 4) is 6.07 Å². The predicted molar refractivity (Wildman–Crippen MR) is 82.8 cm³/mol. The molecule has 4 nitrogen and oxygen atoms in total. The number of benzene rings is 1. The highest BCUT2D eigenvalue weighted by Crippen LogP contribution is 2.20. The van der Waals surface area contributed by atoms with E-state index in [1.807, 2.05) is 49.5 Å². The lowest BCUT2D eigenvalue weighted by atomic mass is 10.1. The molecule has 0 fully saturated rings. The van der Waals surface area contributed by atoms with E-state index in [0.29, 0.717) is 17.9 Å². The molecule has 102 valence electrons. The first-order chi connectivity index (χ1) is 10.3. The third kappa shape index (κ3) is 2.82. The number of aromatic nitrogens is 2. The summed E-state index contributed by atoms with van der Waals surface area (Å²) in [6.07, 6.45) is 1.84. The summed E-state index contributed by atoms with van der Waals surface area (Å²) in [7, 11) is 0. The van der Waals surface area contributed by atoms with Gasteiger partial charge in [0.25, 0.3) is 0 Å². The first-order valence-corrected chi connectivity index (χ1v) is 6.71. The zero-order valence-electron chi connectivity index (χ0n) is 11.7. The van der Waals surface area contributed by atoms with Gasteiger partial charge in [0.05, 0.1) is 17.1 Å². The Kier molecular flexibility index (Phi) is 3.48. The van der Waals surface area contributed by atoms with Crippen molar-refractivity contribution in [2.75, 3.05) is 5.32 Å². The van der Waals surface area contributed by atoms with Gasteiger partial charge in [-0.05, 0) is 30.7 Å². The molecule has 3 rings (SSSR count). The largest absolute Gasteiger partial charge is 0.366 e. The molecule has 3 aromatic rings. The fourth-order valence-electron chi connectivity index (χ4n) is 2.15. The highest BCUT2D eigenvalue weighted by atomic mass is 15.0. The SMILES string of the molecule is Cc1ccc(CNc2cc(C#N)c3ccccc3n2)cn1. The number of nitriles is 1. The summed E-state index contributed by atoms with van der Waals surface area (Å²) >= 11 is 0. The highest BCUT2D eigenvalue weighted by molar-refractivity contribution is 5.86. The first kappa shape index (κ1) is 13.1. The smallest absolute Gasteiger partial charge is 0.128 e. The van der Waals surface area contributed by atoms with Crippen molar-refractivity contribution in [3.63, 3.8) is 0 Å². The lowest BCUT2D eigenvalue weighted by Gasteiger charge is -2.08. The average Bonchev–Trinajstić information content (AvgIpc) is 2.53. The van der Waals surface area contributed by atoms with Crippen LogP contribution in [0.2, 0.25) is 0 Å². The van der Waals surface area contributed by atoms with Crippen LogP contribution >= 0.6 is 0 Å². The lowest BCUT2D eigenvalue weighted by molar-refractivity contribution is 1.07. The zero-order valence-corrected chi connectivity index (χ0v) is 11.7. The van der Waals surface area contributed by atoms with Gasteiger partial charge < -0.3 is 5.32 Å². The van der Waals surface area contributed by atoms with E-state index >= 15 is 0 Å². The van der Waals surface area contributed by atoms with E-state index in [2.05, 4.69) is 21.4 Å². The topological polar surface area (TPSA) is 61.6 Å². The molecule has 1 N–H and O–H groups in total. The van der Waals surface area contributed by atoms with Gasteiger partial charge in [-0.15, -0.1) is 0 Å². The van der Waals surface area contributed by atoms with Gasteiger partial charge in [0.1, 0.15) is 5.82 Å². The van der Waals surface area contributed by atoms with Crippen LogP contribution in [0.4, 0.5) is 5.82 Å². The number of nitrogens with one attached hydrogen (secondary N) is 1. The minimum absolute atomic E-state index is 0.628. The number of rotatable bonds is 3. The van der Waals surface area contributed by atoms with Crippen molar-refractivity contribution in [2.45, 2.75) is 13.5 Å². The van der Waals surface area contributed by atoms with Gasteiger partial charge in [-0.1, -0.05) is 24.3 Å². The molecule has 0 aliphatic rings. The van der Waals surface area contributed by atoms with E-state index in [1.165, 1.54) is 0 Å². The summed E-state index contributed by atoms with van der Waals surface area (Å²) < 4.78 is 0. The first-order valence-electron chi connectivity index (χ1n) is 6.71. The molecule has 0 aliphatic heterocycles. The van der Waals surface area contributed by atoms with Crippen LogP contribution < -0.4 is 5.32 Å². The van der Waals surface area contributed by atoms with Crippen molar-refractivity contribution < 1.29 is 0 Å². The summed E-state index contributed by atoms with van der Waals surface area (Å²) in [5.74, 6) is 0.700. The number of aryl methyl sites for hydroxylation is 1. The highest BCUT2D eigenvalue weighted by Gasteiger charge is 2.05. The summed E-state index contributed by atoms with van der Waals surface area (Å²) in [5.41, 5.74) is 3.52. The van der Waals surface area contributed by atoms with E-state index < -0.39 is 0 Å². The molecule has 0 spiro atoms. The van der Waals surface area contributed by atoms with Crippen LogP contribution in [0.5, 0.6) is 0 Å². The fourth-order valence-corrected chi connectivity index (χ4v) is 2.15. The van der Waals surface area contributed by atoms with Gasteiger partial charge in [0.15, 0.2) is 0 Å². The number of para-hydroxylation sites is 1. The maximum atomic E-state index is 9.26. The van der Waals surface area contributed by atoms with Gasteiger partial charge in [0, 0.05) is 23.8 Å². The monoisotopic (exact) mass is 274 g/mol. The average molecular weight is 274 g/mol. The molecule has 0 unspecified atom stereocenters. The van der Waals surface area contributed by atoms with Crippen molar-refractivity contribution in [2.24, 2.45) is 0 Å². The molecule has 21 heavy (non-hydrogen) atoms. The standard InChI is InChI=1S/C17H14N4/c1-12-6-7-13(10-19-12)11-20-17-8-14(9-18)15-4-2-3-5-16(15)21-17/h2-8,10H,11H2,1H3,(H,20,21). The van der Waals surface area contributed by atoms with E-state index in [0.717, 1.165) is 22.2 Å².